The highest BCUT2D eigenvalue weighted by atomic mass is 32.5. The maximum absolute atomic E-state index is 5.74. The minimum atomic E-state index is -2.57. The maximum atomic E-state index is 5.74. The molecule has 0 aromatic rings. The number of hydrogen-bond acceptors (Lipinski definition) is 6. The highest BCUT2D eigenvalue weighted by molar-refractivity contribution is 8.07. The van der Waals surface area contributed by atoms with E-state index in [1.54, 1.807) is 11.8 Å². The molecular formula is C9H17O3PS3. The predicted octanol–water partition coefficient (Wildman–Crippen LogP) is 3.62. The van der Waals surface area contributed by atoms with Crippen LogP contribution >= 0.6 is 30.2 Å². The van der Waals surface area contributed by atoms with Crippen molar-refractivity contribution in [2.75, 3.05) is 30.5 Å². The van der Waals surface area contributed by atoms with Crippen molar-refractivity contribution in [1.29, 1.82) is 0 Å². The predicted molar refractivity (Wildman–Crippen MR) is 76.5 cm³/mol. The van der Waals surface area contributed by atoms with Crippen molar-refractivity contribution in [3.05, 3.63) is 11.2 Å². The Bertz CT molecular complexity index is 273. The molecule has 1 heterocycles. The fraction of sp³-hybridized carbons (Fsp3) is 0.778. The summed E-state index contributed by atoms with van der Waals surface area (Å²) in [6.07, 6.45) is 0. The van der Waals surface area contributed by atoms with Crippen molar-refractivity contribution in [2.24, 2.45) is 0 Å². The maximum Gasteiger partial charge on any atom is 0.380 e. The molecule has 0 aromatic carbocycles. The molecule has 0 atom stereocenters. The summed E-state index contributed by atoms with van der Waals surface area (Å²) in [5, 5.41) is 2.03. The van der Waals surface area contributed by atoms with Gasteiger partial charge in [0.25, 0.3) is 0 Å². The summed E-state index contributed by atoms with van der Waals surface area (Å²) in [5.74, 6) is 3.99. The third kappa shape index (κ3) is 5.43. The summed E-state index contributed by atoms with van der Waals surface area (Å²) in [5.41, 5.74) is 0. The van der Waals surface area contributed by atoms with E-state index in [-0.39, 0.29) is 0 Å². The molecule has 0 bridgehead atoms. The van der Waals surface area contributed by atoms with Crippen molar-refractivity contribution in [3.63, 3.8) is 0 Å². The molecule has 7 heteroatoms. The molecule has 0 spiro atoms. The Balaban J connectivity index is 2.59. The van der Waals surface area contributed by atoms with Crippen LogP contribution in [-0.2, 0) is 25.4 Å². The van der Waals surface area contributed by atoms with Gasteiger partial charge in [0.2, 0.25) is 0 Å². The van der Waals surface area contributed by atoms with Gasteiger partial charge >= 0.3 is 6.72 Å². The zero-order chi connectivity index (χ0) is 11.9. The van der Waals surface area contributed by atoms with Crippen molar-refractivity contribution in [2.45, 2.75) is 13.8 Å². The second-order valence-corrected chi connectivity index (χ2v) is 7.90. The van der Waals surface area contributed by atoms with Crippen LogP contribution in [0.25, 0.3) is 0 Å². The molecular weight excluding hydrogens is 283 g/mol. The first kappa shape index (κ1) is 14.9. The van der Waals surface area contributed by atoms with E-state index in [4.69, 9.17) is 25.4 Å². The molecule has 1 rings (SSSR count). The van der Waals surface area contributed by atoms with E-state index >= 15 is 0 Å². The second kappa shape index (κ2) is 8.01. The summed E-state index contributed by atoms with van der Waals surface area (Å²) >= 11 is 8.91. The average molecular weight is 300 g/mol. The van der Waals surface area contributed by atoms with Crippen LogP contribution in [0.2, 0.25) is 0 Å². The van der Waals surface area contributed by atoms with E-state index in [1.165, 1.54) is 0 Å². The zero-order valence-corrected chi connectivity index (χ0v) is 12.9. The van der Waals surface area contributed by atoms with Crippen LogP contribution in [0, 0.1) is 0 Å². The van der Waals surface area contributed by atoms with Gasteiger partial charge in [0.1, 0.15) is 5.76 Å². The first-order chi connectivity index (χ1) is 7.70. The van der Waals surface area contributed by atoms with Gasteiger partial charge in [0, 0.05) is 28.7 Å². The number of rotatable bonds is 6. The van der Waals surface area contributed by atoms with Crippen molar-refractivity contribution in [3.8, 4) is 0 Å². The van der Waals surface area contributed by atoms with Crippen LogP contribution in [0.5, 0.6) is 0 Å². The van der Waals surface area contributed by atoms with Gasteiger partial charge in [-0.1, -0.05) is 0 Å². The lowest BCUT2D eigenvalue weighted by atomic mass is 10.7. The molecule has 0 aliphatic carbocycles. The molecule has 3 nitrogen and oxygen atoms in total. The van der Waals surface area contributed by atoms with Crippen LogP contribution in [0.3, 0.4) is 0 Å². The second-order valence-electron chi connectivity index (χ2n) is 2.88. The van der Waals surface area contributed by atoms with Gasteiger partial charge in [-0.15, -0.1) is 11.8 Å². The zero-order valence-electron chi connectivity index (χ0n) is 9.51. The van der Waals surface area contributed by atoms with Crippen molar-refractivity contribution in [1.82, 2.24) is 0 Å². The molecule has 0 amide bonds. The standard InChI is InChI=1S/C9H17O3PS3/c1-3-10-13(14,11-4-2)12-9-7-15-5-6-16-8-9/h7H,3-6,8H2,1-2H3. The van der Waals surface area contributed by atoms with Gasteiger partial charge in [0.05, 0.1) is 19.0 Å². The third-order valence-electron chi connectivity index (χ3n) is 1.61. The van der Waals surface area contributed by atoms with Gasteiger partial charge in [-0.05, 0) is 13.8 Å². The quantitative estimate of drug-likeness (QED) is 0.696. The van der Waals surface area contributed by atoms with Gasteiger partial charge in [-0.2, -0.15) is 11.8 Å². The normalized spacial score (nSPS) is 17.8. The lowest BCUT2D eigenvalue weighted by Gasteiger charge is -2.22. The number of hydrogen-bond donors (Lipinski definition) is 0. The van der Waals surface area contributed by atoms with Gasteiger partial charge in [-0.3, -0.25) is 9.05 Å². The van der Waals surface area contributed by atoms with Gasteiger partial charge in [-0.25, -0.2) is 0 Å². The highest BCUT2D eigenvalue weighted by Gasteiger charge is 2.22. The topological polar surface area (TPSA) is 27.7 Å². The third-order valence-corrected chi connectivity index (χ3v) is 6.18. The highest BCUT2D eigenvalue weighted by Crippen LogP contribution is 2.52. The van der Waals surface area contributed by atoms with Crippen LogP contribution in [0.1, 0.15) is 13.8 Å². The molecule has 0 saturated heterocycles. The van der Waals surface area contributed by atoms with E-state index in [1.807, 2.05) is 31.0 Å². The van der Waals surface area contributed by atoms with E-state index in [0.717, 1.165) is 23.0 Å². The van der Waals surface area contributed by atoms with E-state index in [0.29, 0.717) is 13.2 Å². The largest absolute Gasteiger partial charge is 0.427 e. The van der Waals surface area contributed by atoms with Crippen LogP contribution in [-0.4, -0.2) is 30.5 Å². The number of thioether (sulfide) groups is 2. The minimum absolute atomic E-state index is 0.519. The Morgan fingerprint density at radius 2 is 2.00 bits per heavy atom. The molecule has 0 saturated carbocycles. The fourth-order valence-electron chi connectivity index (χ4n) is 1.06. The van der Waals surface area contributed by atoms with E-state index < -0.39 is 6.72 Å². The van der Waals surface area contributed by atoms with Crippen molar-refractivity contribution < 1.29 is 13.6 Å². The van der Waals surface area contributed by atoms with E-state index in [2.05, 4.69) is 0 Å². The summed E-state index contributed by atoms with van der Waals surface area (Å²) in [4.78, 5) is 0. The van der Waals surface area contributed by atoms with Gasteiger partial charge in [0.15, 0.2) is 0 Å². The Morgan fingerprint density at radius 3 is 2.62 bits per heavy atom. The monoisotopic (exact) mass is 300 g/mol. The first-order valence-corrected chi connectivity index (χ1v) is 9.93. The molecule has 16 heavy (non-hydrogen) atoms. The molecule has 1 aliphatic heterocycles. The van der Waals surface area contributed by atoms with Crippen molar-refractivity contribution >= 4 is 42.0 Å². The SMILES string of the molecule is CCOP(=S)(OCC)OC1=CSCCSC1. The van der Waals surface area contributed by atoms with Crippen LogP contribution < -0.4 is 0 Å². The smallest absolute Gasteiger partial charge is 0.380 e. The average Bonchev–Trinajstić information content (AvgIpc) is 2.46. The van der Waals surface area contributed by atoms with E-state index in [9.17, 15) is 0 Å². The Labute approximate surface area is 111 Å². The van der Waals surface area contributed by atoms with Gasteiger partial charge < -0.3 is 4.52 Å². The molecule has 0 N–H and O–H groups in total. The molecule has 0 radical (unpaired) electrons. The lowest BCUT2D eigenvalue weighted by molar-refractivity contribution is 0.196. The Morgan fingerprint density at radius 1 is 1.31 bits per heavy atom. The summed E-state index contributed by atoms with van der Waals surface area (Å²) in [7, 11) is 0. The summed E-state index contributed by atoms with van der Waals surface area (Å²) < 4.78 is 16.6. The Kier molecular flexibility index (Phi) is 7.44. The lowest BCUT2D eigenvalue weighted by Crippen LogP contribution is -2.01. The first-order valence-electron chi connectivity index (χ1n) is 5.17. The molecule has 94 valence electrons. The fourth-order valence-corrected chi connectivity index (χ4v) is 5.24. The molecule has 0 unspecified atom stereocenters. The van der Waals surface area contributed by atoms with Crippen LogP contribution in [0.4, 0.5) is 0 Å². The minimum Gasteiger partial charge on any atom is -0.427 e. The Hall–Kier alpha value is 0.810. The molecule has 1 aliphatic rings. The molecule has 0 aromatic heterocycles. The summed E-state index contributed by atoms with van der Waals surface area (Å²) in [6.45, 7) is 2.26. The van der Waals surface area contributed by atoms with Crippen LogP contribution in [0.15, 0.2) is 11.2 Å². The molecule has 0 fully saturated rings. The summed E-state index contributed by atoms with van der Waals surface area (Å²) in [6, 6.07) is 0.